The fourth-order valence-corrected chi connectivity index (χ4v) is 2.53. The normalized spacial score (nSPS) is 10.4. The van der Waals surface area contributed by atoms with Crippen LogP contribution >= 0.6 is 0 Å². The summed E-state index contributed by atoms with van der Waals surface area (Å²) in [5.41, 5.74) is 6.64. The molecule has 0 saturated carbocycles. The molecule has 0 radical (unpaired) electrons. The van der Waals surface area contributed by atoms with Gasteiger partial charge in [-0.05, 0) is 40.6 Å². The average Bonchev–Trinajstić information content (AvgIpc) is 2.61. The number of hydrogen-bond acceptors (Lipinski definition) is 3. The van der Waals surface area contributed by atoms with Crippen molar-refractivity contribution in [1.29, 1.82) is 0 Å². The van der Waals surface area contributed by atoms with Crippen LogP contribution in [-0.4, -0.2) is 18.4 Å². The Morgan fingerprint density at radius 2 is 1.64 bits per heavy atom. The topological polar surface area (TPSA) is 81.4 Å². The summed E-state index contributed by atoms with van der Waals surface area (Å²) in [6, 6.07) is 20.8. The Morgan fingerprint density at radius 3 is 2.36 bits per heavy atom. The number of rotatable bonds is 6. The third-order valence-electron chi connectivity index (χ3n) is 3.70. The maximum absolute atomic E-state index is 12.2. The van der Waals surface area contributed by atoms with Crippen LogP contribution in [-0.2, 0) is 16.0 Å². The lowest BCUT2D eigenvalue weighted by Crippen LogP contribution is -2.20. The summed E-state index contributed by atoms with van der Waals surface area (Å²) in [4.78, 5) is 22.9. The minimum Gasteiger partial charge on any atom is -0.484 e. The number of primary amides is 1. The number of carbonyl (C=O) groups excluding carboxylic acids is 2. The maximum Gasteiger partial charge on any atom is 0.255 e. The van der Waals surface area contributed by atoms with Gasteiger partial charge in [-0.25, -0.2) is 0 Å². The lowest BCUT2D eigenvalue weighted by molar-refractivity contribution is -0.120. The molecule has 0 unspecified atom stereocenters. The second-order valence-electron chi connectivity index (χ2n) is 5.69. The molecule has 0 aromatic heterocycles. The lowest BCUT2D eigenvalue weighted by Gasteiger charge is -2.08. The predicted octanol–water partition coefficient (Wildman–Crippen LogP) is 2.89. The number of nitrogens with one attached hydrogen (secondary N) is 1. The van der Waals surface area contributed by atoms with Gasteiger partial charge in [0.1, 0.15) is 5.75 Å². The van der Waals surface area contributed by atoms with E-state index in [9.17, 15) is 9.59 Å². The van der Waals surface area contributed by atoms with Gasteiger partial charge in [-0.2, -0.15) is 0 Å². The Kier molecular flexibility index (Phi) is 4.95. The van der Waals surface area contributed by atoms with Crippen LogP contribution in [0.25, 0.3) is 10.8 Å². The summed E-state index contributed by atoms with van der Waals surface area (Å²) in [6.45, 7) is -0.173. The minimum absolute atomic E-state index is 0.0962. The molecule has 0 aliphatic rings. The number of anilines is 1. The number of carbonyl (C=O) groups is 2. The molecule has 5 heteroatoms. The molecule has 3 rings (SSSR count). The van der Waals surface area contributed by atoms with Crippen LogP contribution in [0.4, 0.5) is 5.69 Å². The number of benzene rings is 3. The van der Waals surface area contributed by atoms with E-state index in [4.69, 9.17) is 10.5 Å². The first kappa shape index (κ1) is 16.5. The van der Waals surface area contributed by atoms with Gasteiger partial charge >= 0.3 is 0 Å². The zero-order chi connectivity index (χ0) is 17.6. The van der Waals surface area contributed by atoms with Crippen molar-refractivity contribution in [2.75, 3.05) is 11.9 Å². The van der Waals surface area contributed by atoms with Crippen molar-refractivity contribution < 1.29 is 14.3 Å². The van der Waals surface area contributed by atoms with E-state index in [1.54, 1.807) is 24.3 Å². The van der Waals surface area contributed by atoms with Crippen LogP contribution in [0.2, 0.25) is 0 Å². The molecule has 0 spiro atoms. The van der Waals surface area contributed by atoms with Gasteiger partial charge in [0, 0.05) is 5.69 Å². The van der Waals surface area contributed by atoms with Crippen molar-refractivity contribution in [2.45, 2.75) is 6.42 Å². The zero-order valence-corrected chi connectivity index (χ0v) is 13.6. The van der Waals surface area contributed by atoms with Crippen LogP contribution in [0.1, 0.15) is 5.56 Å². The molecule has 2 amide bonds. The molecule has 126 valence electrons. The van der Waals surface area contributed by atoms with Crippen molar-refractivity contribution in [3.8, 4) is 5.75 Å². The van der Waals surface area contributed by atoms with Crippen LogP contribution in [0.15, 0.2) is 66.7 Å². The minimum atomic E-state index is -0.534. The molecule has 0 atom stereocenters. The second kappa shape index (κ2) is 7.49. The van der Waals surface area contributed by atoms with Crippen molar-refractivity contribution in [3.05, 3.63) is 72.3 Å². The highest BCUT2D eigenvalue weighted by molar-refractivity contribution is 5.93. The van der Waals surface area contributed by atoms with Crippen LogP contribution in [0, 0.1) is 0 Å². The number of ether oxygens (including phenoxy) is 1. The molecule has 0 aliphatic heterocycles. The van der Waals surface area contributed by atoms with Gasteiger partial charge in [-0.15, -0.1) is 0 Å². The highest BCUT2D eigenvalue weighted by Crippen LogP contribution is 2.18. The van der Waals surface area contributed by atoms with E-state index >= 15 is 0 Å². The number of amides is 2. The number of fused-ring (bicyclic) bond motifs is 1. The van der Waals surface area contributed by atoms with Crippen LogP contribution < -0.4 is 15.8 Å². The van der Waals surface area contributed by atoms with Crippen molar-refractivity contribution in [2.24, 2.45) is 5.73 Å². The molecule has 3 N–H and O–H groups in total. The third kappa shape index (κ3) is 4.57. The van der Waals surface area contributed by atoms with Crippen molar-refractivity contribution in [3.63, 3.8) is 0 Å². The second-order valence-corrected chi connectivity index (χ2v) is 5.69. The van der Waals surface area contributed by atoms with E-state index in [2.05, 4.69) is 5.32 Å². The molecular weight excluding hydrogens is 316 g/mol. The quantitative estimate of drug-likeness (QED) is 0.727. The van der Waals surface area contributed by atoms with Crippen LogP contribution in [0.5, 0.6) is 5.75 Å². The summed E-state index contributed by atoms with van der Waals surface area (Å²) < 4.78 is 5.18. The van der Waals surface area contributed by atoms with Gasteiger partial charge in [0.2, 0.25) is 5.91 Å². The Morgan fingerprint density at radius 1 is 0.920 bits per heavy atom. The van der Waals surface area contributed by atoms with Gasteiger partial charge in [0.15, 0.2) is 6.61 Å². The fourth-order valence-electron chi connectivity index (χ4n) is 2.53. The van der Waals surface area contributed by atoms with E-state index in [0.717, 1.165) is 16.3 Å². The summed E-state index contributed by atoms with van der Waals surface area (Å²) in [7, 11) is 0. The molecule has 3 aromatic rings. The Hall–Kier alpha value is -3.34. The summed E-state index contributed by atoms with van der Waals surface area (Å²) in [6.07, 6.45) is 0.296. The molecule has 0 fully saturated rings. The Balaban J connectivity index is 1.60. The van der Waals surface area contributed by atoms with E-state index in [-0.39, 0.29) is 12.5 Å². The molecule has 0 bridgehead atoms. The van der Waals surface area contributed by atoms with Gasteiger partial charge in [-0.3, -0.25) is 9.59 Å². The third-order valence-corrected chi connectivity index (χ3v) is 3.70. The number of nitrogens with two attached hydrogens (primary N) is 1. The molecule has 0 saturated heterocycles. The fraction of sp³-hybridized carbons (Fsp3) is 0.100. The first-order valence-corrected chi connectivity index (χ1v) is 7.89. The molecule has 5 nitrogen and oxygen atoms in total. The van der Waals surface area contributed by atoms with Crippen molar-refractivity contribution >= 4 is 28.3 Å². The van der Waals surface area contributed by atoms with Gasteiger partial charge in [0.25, 0.3) is 5.91 Å². The highest BCUT2D eigenvalue weighted by Gasteiger charge is 2.06. The first-order chi connectivity index (χ1) is 12.1. The average molecular weight is 334 g/mol. The summed E-state index contributed by atoms with van der Waals surface area (Å²) in [5, 5.41) is 5.11. The predicted molar refractivity (Wildman–Crippen MR) is 97.4 cm³/mol. The van der Waals surface area contributed by atoms with E-state index < -0.39 is 5.91 Å². The Bertz CT molecular complexity index is 904. The summed E-state index contributed by atoms with van der Waals surface area (Å²) >= 11 is 0. The standard InChI is InChI=1S/C20H18N2O3/c21-19(23)13-25-18-9-7-17(8-10-18)22-20(24)12-14-5-6-15-3-1-2-4-16(15)11-14/h1-11H,12-13H2,(H2,21,23)(H,22,24). The van der Waals surface area contributed by atoms with E-state index in [1.807, 2.05) is 42.5 Å². The molecule has 0 aliphatic carbocycles. The smallest absolute Gasteiger partial charge is 0.255 e. The highest BCUT2D eigenvalue weighted by atomic mass is 16.5. The van der Waals surface area contributed by atoms with Gasteiger partial charge in [0.05, 0.1) is 6.42 Å². The van der Waals surface area contributed by atoms with Crippen LogP contribution in [0.3, 0.4) is 0 Å². The lowest BCUT2D eigenvalue weighted by atomic mass is 10.0. The molecule has 3 aromatic carbocycles. The summed E-state index contributed by atoms with van der Waals surface area (Å²) in [5.74, 6) is -0.111. The molecule has 25 heavy (non-hydrogen) atoms. The zero-order valence-electron chi connectivity index (χ0n) is 13.6. The SMILES string of the molecule is NC(=O)COc1ccc(NC(=O)Cc2ccc3ccccc3c2)cc1. The van der Waals surface area contributed by atoms with Gasteiger partial charge in [-0.1, -0.05) is 42.5 Å². The molecular formula is C20H18N2O3. The van der Waals surface area contributed by atoms with E-state index in [0.29, 0.717) is 17.9 Å². The largest absolute Gasteiger partial charge is 0.484 e. The maximum atomic E-state index is 12.2. The Labute approximate surface area is 145 Å². The number of hydrogen-bond donors (Lipinski definition) is 2. The van der Waals surface area contributed by atoms with Gasteiger partial charge < -0.3 is 15.8 Å². The monoisotopic (exact) mass is 334 g/mol. The van der Waals surface area contributed by atoms with Crippen molar-refractivity contribution in [1.82, 2.24) is 0 Å². The molecule has 0 heterocycles. The van der Waals surface area contributed by atoms with E-state index in [1.165, 1.54) is 0 Å². The first-order valence-electron chi connectivity index (χ1n) is 7.89.